The van der Waals surface area contributed by atoms with Gasteiger partial charge in [-0.3, -0.25) is 9.36 Å². The van der Waals surface area contributed by atoms with Crippen LogP contribution in [-0.4, -0.2) is 22.7 Å². The molecule has 2 aromatic carbocycles. The van der Waals surface area contributed by atoms with Gasteiger partial charge in [-0.25, -0.2) is 4.98 Å². The van der Waals surface area contributed by atoms with E-state index in [0.717, 1.165) is 0 Å². The second kappa shape index (κ2) is 5.15. The molecule has 1 aliphatic heterocycles. The Morgan fingerprint density at radius 2 is 1.76 bits per heavy atom. The van der Waals surface area contributed by atoms with Crippen LogP contribution in [0.2, 0.25) is 19.6 Å². The Balaban J connectivity index is 2.14. The summed E-state index contributed by atoms with van der Waals surface area (Å²) in [6, 6.07) is 14.5. The van der Waals surface area contributed by atoms with E-state index in [4.69, 9.17) is 0 Å². The number of rotatable bonds is 0. The summed E-state index contributed by atoms with van der Waals surface area (Å²) in [7, 11) is -1.72. The van der Waals surface area contributed by atoms with Crippen molar-refractivity contribution in [3.8, 4) is 17.2 Å². The van der Waals surface area contributed by atoms with Gasteiger partial charge in [-0.05, 0) is 18.2 Å². The summed E-state index contributed by atoms with van der Waals surface area (Å²) in [5.41, 5.74) is 3.31. The number of benzene rings is 2. The molecule has 0 spiro atoms. The van der Waals surface area contributed by atoms with E-state index in [1.54, 1.807) is 12.1 Å². The van der Waals surface area contributed by atoms with Crippen molar-refractivity contribution in [3.05, 3.63) is 70.3 Å². The van der Waals surface area contributed by atoms with E-state index in [2.05, 4.69) is 36.1 Å². The molecule has 1 N–H and O–H groups in total. The highest BCUT2D eigenvalue weighted by atomic mass is 28.3. The van der Waals surface area contributed by atoms with Gasteiger partial charge in [-0.15, -0.1) is 5.54 Å². The number of aromatic nitrogens is 2. The van der Waals surface area contributed by atoms with Gasteiger partial charge in [-0.1, -0.05) is 55.9 Å². The van der Waals surface area contributed by atoms with Crippen LogP contribution in [0.25, 0.3) is 16.6 Å². The van der Waals surface area contributed by atoms with Gasteiger partial charge < -0.3 is 5.11 Å². The second-order valence-electron chi connectivity index (χ2n) is 7.32. The Morgan fingerprint density at radius 3 is 2.52 bits per heavy atom. The van der Waals surface area contributed by atoms with Crippen LogP contribution in [0.4, 0.5) is 0 Å². The normalized spacial score (nSPS) is 18.4. The fraction of sp³-hybridized carbons (Fsp3) is 0.200. The van der Waals surface area contributed by atoms with E-state index in [0.29, 0.717) is 22.2 Å². The maximum Gasteiger partial charge on any atom is 0.266 e. The number of nitrogens with zero attached hydrogens (tertiary/aromatic N) is 2. The molecule has 1 atom stereocenters. The van der Waals surface area contributed by atoms with Crippen molar-refractivity contribution in [2.45, 2.75) is 25.2 Å². The lowest BCUT2D eigenvalue weighted by Gasteiger charge is -2.18. The molecule has 0 radical (unpaired) electrons. The molecule has 0 saturated carbocycles. The van der Waals surface area contributed by atoms with Crippen molar-refractivity contribution in [1.29, 1.82) is 0 Å². The number of hydrogen-bond acceptors (Lipinski definition) is 3. The van der Waals surface area contributed by atoms with E-state index < -0.39 is 13.7 Å². The minimum absolute atomic E-state index is 0.182. The fourth-order valence-electron chi connectivity index (χ4n) is 3.10. The zero-order valence-corrected chi connectivity index (χ0v) is 15.4. The molecule has 5 heteroatoms. The fourth-order valence-corrected chi connectivity index (χ4v) is 3.65. The molecular formula is C20H18N2O2Si. The molecule has 124 valence electrons. The summed E-state index contributed by atoms with van der Waals surface area (Å²) < 4.78 is 1.50. The molecule has 0 bridgehead atoms. The quantitative estimate of drug-likeness (QED) is 0.503. The number of hydrogen-bond donors (Lipinski definition) is 1. The maximum atomic E-state index is 13.0. The zero-order valence-electron chi connectivity index (χ0n) is 14.4. The lowest BCUT2D eigenvalue weighted by molar-refractivity contribution is 0.141. The van der Waals surface area contributed by atoms with E-state index in [-0.39, 0.29) is 11.4 Å². The molecule has 0 saturated heterocycles. The summed E-state index contributed by atoms with van der Waals surface area (Å²) in [6.45, 7) is 6.35. The Kier molecular flexibility index (Phi) is 3.26. The molecule has 0 amide bonds. The molecular weight excluding hydrogens is 328 g/mol. The molecule has 25 heavy (non-hydrogen) atoms. The van der Waals surface area contributed by atoms with Crippen LogP contribution in [0.5, 0.6) is 0 Å². The van der Waals surface area contributed by atoms with Crippen LogP contribution in [0, 0.1) is 11.5 Å². The van der Waals surface area contributed by atoms with Gasteiger partial charge in [0.2, 0.25) is 5.60 Å². The molecule has 3 aromatic rings. The van der Waals surface area contributed by atoms with Crippen LogP contribution in [-0.2, 0) is 5.60 Å². The lowest BCUT2D eigenvalue weighted by atomic mass is 9.96. The first-order chi connectivity index (χ1) is 11.8. The van der Waals surface area contributed by atoms with E-state index in [9.17, 15) is 9.90 Å². The smallest absolute Gasteiger partial charge is 0.266 e. The maximum absolute atomic E-state index is 13.0. The molecule has 0 aliphatic carbocycles. The van der Waals surface area contributed by atoms with Crippen molar-refractivity contribution < 1.29 is 5.11 Å². The molecule has 1 aromatic heterocycles. The average Bonchev–Trinajstić information content (AvgIpc) is 2.83. The first kappa shape index (κ1) is 15.8. The van der Waals surface area contributed by atoms with Gasteiger partial charge in [0.1, 0.15) is 8.07 Å². The van der Waals surface area contributed by atoms with Crippen LogP contribution in [0.15, 0.2) is 53.3 Å². The van der Waals surface area contributed by atoms with Crippen LogP contribution in [0.1, 0.15) is 11.4 Å². The monoisotopic (exact) mass is 346 g/mol. The topological polar surface area (TPSA) is 55.1 Å². The SMILES string of the molecule is C[Si](C)(C)C#CC1(O)c2ccccc2-n2c1nc1ccccc1c2=O. The number of aliphatic hydroxyl groups is 1. The third-order valence-corrected chi connectivity index (χ3v) is 5.13. The van der Waals surface area contributed by atoms with Gasteiger partial charge in [0.15, 0.2) is 5.82 Å². The largest absolute Gasteiger partial charge is 0.367 e. The summed E-state index contributed by atoms with van der Waals surface area (Å²) in [4.78, 5) is 17.7. The summed E-state index contributed by atoms with van der Waals surface area (Å²) in [5.74, 6) is 3.33. The Hall–Kier alpha value is -2.68. The highest BCUT2D eigenvalue weighted by Crippen LogP contribution is 2.39. The van der Waals surface area contributed by atoms with E-state index in [1.807, 2.05) is 36.4 Å². The third-order valence-electron chi connectivity index (χ3n) is 4.25. The van der Waals surface area contributed by atoms with Crippen molar-refractivity contribution in [1.82, 2.24) is 9.55 Å². The average molecular weight is 346 g/mol. The zero-order chi connectivity index (χ0) is 17.8. The molecule has 2 heterocycles. The molecule has 1 aliphatic rings. The van der Waals surface area contributed by atoms with Crippen molar-refractivity contribution in [3.63, 3.8) is 0 Å². The molecule has 4 nitrogen and oxygen atoms in total. The Bertz CT molecular complexity index is 1130. The minimum Gasteiger partial charge on any atom is -0.367 e. The standard InChI is InChI=1S/C20H18N2O2Si/c1-25(2,3)13-12-20(24)15-9-5-7-11-17(15)22-18(23)14-8-4-6-10-16(14)21-19(20)22/h4-11,24H,1-3H3. The summed E-state index contributed by atoms with van der Waals surface area (Å²) in [6.07, 6.45) is 0. The van der Waals surface area contributed by atoms with Crippen molar-refractivity contribution >= 4 is 19.0 Å². The predicted octanol–water partition coefficient (Wildman–Crippen LogP) is 2.82. The summed E-state index contributed by atoms with van der Waals surface area (Å²) in [5, 5.41) is 12.0. The van der Waals surface area contributed by atoms with E-state index in [1.165, 1.54) is 4.57 Å². The van der Waals surface area contributed by atoms with Gasteiger partial charge in [0.05, 0.1) is 16.6 Å². The van der Waals surface area contributed by atoms with Crippen LogP contribution in [0.3, 0.4) is 0 Å². The lowest BCUT2D eigenvalue weighted by Crippen LogP contribution is -2.30. The van der Waals surface area contributed by atoms with Crippen LogP contribution < -0.4 is 5.56 Å². The highest BCUT2D eigenvalue weighted by Gasteiger charge is 2.43. The van der Waals surface area contributed by atoms with E-state index >= 15 is 0 Å². The Labute approximate surface area is 146 Å². The number of fused-ring (bicyclic) bond motifs is 4. The van der Waals surface area contributed by atoms with Crippen molar-refractivity contribution in [2.75, 3.05) is 0 Å². The Morgan fingerprint density at radius 1 is 1.08 bits per heavy atom. The van der Waals surface area contributed by atoms with Gasteiger partial charge in [0, 0.05) is 5.56 Å². The summed E-state index contributed by atoms with van der Waals surface area (Å²) >= 11 is 0. The molecule has 4 rings (SSSR count). The first-order valence-corrected chi connectivity index (χ1v) is 11.7. The van der Waals surface area contributed by atoms with Gasteiger partial charge in [-0.2, -0.15) is 0 Å². The second-order valence-corrected chi connectivity index (χ2v) is 12.1. The van der Waals surface area contributed by atoms with Gasteiger partial charge >= 0.3 is 0 Å². The molecule has 0 fully saturated rings. The highest BCUT2D eigenvalue weighted by molar-refractivity contribution is 6.83. The predicted molar refractivity (Wildman–Crippen MR) is 101 cm³/mol. The minimum atomic E-state index is -1.72. The number of para-hydroxylation sites is 2. The third kappa shape index (κ3) is 2.34. The van der Waals surface area contributed by atoms with Crippen molar-refractivity contribution in [2.24, 2.45) is 0 Å². The molecule has 1 unspecified atom stereocenters. The first-order valence-electron chi connectivity index (χ1n) is 8.20. The van der Waals surface area contributed by atoms with Crippen LogP contribution >= 0.6 is 0 Å². The van der Waals surface area contributed by atoms with Gasteiger partial charge in [0.25, 0.3) is 5.56 Å².